The Morgan fingerprint density at radius 3 is 2.63 bits per heavy atom. The van der Waals surface area contributed by atoms with Crippen LogP contribution in [0.2, 0.25) is 0 Å². The maximum absolute atomic E-state index is 11.1. The molecule has 0 spiro atoms. The SMILES string of the molecule is CC(C)(C)N(CC(=O)O)c1ncnc2c1CCCC2. The fourth-order valence-electron chi connectivity index (χ4n) is 2.50. The summed E-state index contributed by atoms with van der Waals surface area (Å²) in [5.41, 5.74) is 1.93. The number of aliphatic carboxylic acids is 1. The van der Waals surface area contributed by atoms with Gasteiger partial charge in [-0.2, -0.15) is 0 Å². The van der Waals surface area contributed by atoms with Crippen LogP contribution in [0.3, 0.4) is 0 Å². The van der Waals surface area contributed by atoms with E-state index >= 15 is 0 Å². The van der Waals surface area contributed by atoms with Crippen molar-refractivity contribution in [3.63, 3.8) is 0 Å². The Balaban J connectivity index is 2.44. The highest BCUT2D eigenvalue weighted by Crippen LogP contribution is 2.30. The Morgan fingerprint density at radius 2 is 2.00 bits per heavy atom. The van der Waals surface area contributed by atoms with Gasteiger partial charge in [0, 0.05) is 16.8 Å². The second-order valence-corrected chi connectivity index (χ2v) is 5.98. The lowest BCUT2D eigenvalue weighted by atomic mass is 9.95. The van der Waals surface area contributed by atoms with E-state index in [-0.39, 0.29) is 12.1 Å². The number of nitrogens with zero attached hydrogens (tertiary/aromatic N) is 3. The second-order valence-electron chi connectivity index (χ2n) is 5.98. The lowest BCUT2D eigenvalue weighted by molar-refractivity contribution is -0.135. The van der Waals surface area contributed by atoms with Crippen LogP contribution < -0.4 is 4.90 Å². The highest BCUT2D eigenvalue weighted by atomic mass is 16.4. The van der Waals surface area contributed by atoms with Gasteiger partial charge >= 0.3 is 5.97 Å². The number of anilines is 1. The van der Waals surface area contributed by atoms with Crippen LogP contribution >= 0.6 is 0 Å². The molecule has 0 fully saturated rings. The maximum Gasteiger partial charge on any atom is 0.323 e. The van der Waals surface area contributed by atoms with Crippen LogP contribution in [0.1, 0.15) is 44.9 Å². The third-order valence-corrected chi connectivity index (χ3v) is 3.46. The smallest absolute Gasteiger partial charge is 0.323 e. The second kappa shape index (κ2) is 5.15. The van der Waals surface area contributed by atoms with Gasteiger partial charge in [-0.05, 0) is 46.5 Å². The Morgan fingerprint density at radius 1 is 1.32 bits per heavy atom. The zero-order chi connectivity index (χ0) is 14.0. The molecule has 104 valence electrons. The molecular formula is C14H21N3O2. The van der Waals surface area contributed by atoms with E-state index in [1.165, 1.54) is 0 Å². The first-order chi connectivity index (χ1) is 8.89. The number of rotatable bonds is 3. The number of hydrogen-bond donors (Lipinski definition) is 1. The number of aryl methyl sites for hydroxylation is 1. The fourth-order valence-corrected chi connectivity index (χ4v) is 2.50. The average Bonchev–Trinajstić information content (AvgIpc) is 2.34. The van der Waals surface area contributed by atoms with Crippen molar-refractivity contribution in [3.05, 3.63) is 17.6 Å². The van der Waals surface area contributed by atoms with Crippen molar-refractivity contribution in [2.45, 2.75) is 52.0 Å². The van der Waals surface area contributed by atoms with E-state index in [9.17, 15) is 4.79 Å². The van der Waals surface area contributed by atoms with Gasteiger partial charge in [0.05, 0.1) is 0 Å². The van der Waals surface area contributed by atoms with Crippen LogP contribution in [-0.4, -0.2) is 33.1 Å². The van der Waals surface area contributed by atoms with Crippen LogP contribution in [0.25, 0.3) is 0 Å². The molecule has 0 bridgehead atoms. The van der Waals surface area contributed by atoms with Gasteiger partial charge in [-0.3, -0.25) is 4.79 Å². The van der Waals surface area contributed by atoms with Crippen LogP contribution in [0, 0.1) is 0 Å². The monoisotopic (exact) mass is 263 g/mol. The number of fused-ring (bicyclic) bond motifs is 1. The summed E-state index contributed by atoms with van der Waals surface area (Å²) in [4.78, 5) is 21.7. The van der Waals surface area contributed by atoms with Gasteiger partial charge in [-0.1, -0.05) is 0 Å². The zero-order valence-corrected chi connectivity index (χ0v) is 11.8. The minimum atomic E-state index is -0.835. The summed E-state index contributed by atoms with van der Waals surface area (Å²) in [6, 6.07) is 0. The zero-order valence-electron chi connectivity index (χ0n) is 11.8. The third-order valence-electron chi connectivity index (χ3n) is 3.46. The van der Waals surface area contributed by atoms with E-state index in [0.717, 1.165) is 42.8 Å². The van der Waals surface area contributed by atoms with Crippen LogP contribution in [-0.2, 0) is 17.6 Å². The van der Waals surface area contributed by atoms with E-state index < -0.39 is 5.97 Å². The molecule has 1 N–H and O–H groups in total. The maximum atomic E-state index is 11.1. The molecule has 0 aromatic carbocycles. The van der Waals surface area contributed by atoms with Crippen molar-refractivity contribution >= 4 is 11.8 Å². The molecule has 19 heavy (non-hydrogen) atoms. The molecular weight excluding hydrogens is 242 g/mol. The molecule has 1 heterocycles. The van der Waals surface area contributed by atoms with Gasteiger partial charge in [-0.15, -0.1) is 0 Å². The van der Waals surface area contributed by atoms with Crippen molar-refractivity contribution in [2.24, 2.45) is 0 Å². The molecule has 0 aliphatic heterocycles. The van der Waals surface area contributed by atoms with Crippen molar-refractivity contribution in [3.8, 4) is 0 Å². The minimum Gasteiger partial charge on any atom is -0.480 e. The molecule has 5 heteroatoms. The molecule has 0 atom stereocenters. The van der Waals surface area contributed by atoms with Gasteiger partial charge in [-0.25, -0.2) is 9.97 Å². The Kier molecular flexibility index (Phi) is 3.73. The van der Waals surface area contributed by atoms with Gasteiger partial charge < -0.3 is 10.0 Å². The number of carboxylic acids is 1. The molecule has 0 saturated heterocycles. The van der Waals surface area contributed by atoms with E-state index in [2.05, 4.69) is 9.97 Å². The lowest BCUT2D eigenvalue weighted by Gasteiger charge is -2.37. The van der Waals surface area contributed by atoms with E-state index in [0.29, 0.717) is 0 Å². The normalized spacial score (nSPS) is 14.9. The van der Waals surface area contributed by atoms with Crippen molar-refractivity contribution < 1.29 is 9.90 Å². The lowest BCUT2D eigenvalue weighted by Crippen LogP contribution is -2.46. The van der Waals surface area contributed by atoms with Crippen molar-refractivity contribution in [1.29, 1.82) is 0 Å². The molecule has 0 saturated carbocycles. The topological polar surface area (TPSA) is 66.3 Å². The summed E-state index contributed by atoms with van der Waals surface area (Å²) < 4.78 is 0. The minimum absolute atomic E-state index is 0.0348. The molecule has 1 aliphatic carbocycles. The van der Waals surface area contributed by atoms with E-state index in [4.69, 9.17) is 5.11 Å². The highest BCUT2D eigenvalue weighted by molar-refractivity contribution is 5.74. The number of carboxylic acid groups (broad SMARTS) is 1. The molecule has 1 aliphatic rings. The summed E-state index contributed by atoms with van der Waals surface area (Å²) in [5.74, 6) is -0.0438. The van der Waals surface area contributed by atoms with Crippen LogP contribution in [0.5, 0.6) is 0 Å². The van der Waals surface area contributed by atoms with Gasteiger partial charge in [0.25, 0.3) is 0 Å². The molecule has 1 aromatic rings. The molecule has 2 rings (SSSR count). The first-order valence-electron chi connectivity index (χ1n) is 6.72. The summed E-state index contributed by atoms with van der Waals surface area (Å²) in [5, 5.41) is 9.13. The van der Waals surface area contributed by atoms with Crippen LogP contribution in [0.4, 0.5) is 5.82 Å². The number of aromatic nitrogens is 2. The van der Waals surface area contributed by atoms with Crippen LogP contribution in [0.15, 0.2) is 6.33 Å². The van der Waals surface area contributed by atoms with E-state index in [1.54, 1.807) is 6.33 Å². The van der Waals surface area contributed by atoms with E-state index in [1.807, 2.05) is 25.7 Å². The Labute approximate surface area is 113 Å². The van der Waals surface area contributed by atoms with Crippen molar-refractivity contribution in [2.75, 3.05) is 11.4 Å². The Hall–Kier alpha value is -1.65. The highest BCUT2D eigenvalue weighted by Gasteiger charge is 2.28. The third kappa shape index (κ3) is 3.03. The largest absolute Gasteiger partial charge is 0.480 e. The standard InChI is InChI=1S/C14H21N3O2/c1-14(2,3)17(8-12(18)19)13-10-6-4-5-7-11(10)15-9-16-13/h9H,4-8H2,1-3H3,(H,18,19). The van der Waals surface area contributed by atoms with Gasteiger partial charge in [0.2, 0.25) is 0 Å². The predicted molar refractivity (Wildman–Crippen MR) is 73.4 cm³/mol. The summed E-state index contributed by atoms with van der Waals surface area (Å²) in [6.45, 7) is 5.99. The molecule has 0 amide bonds. The summed E-state index contributed by atoms with van der Waals surface area (Å²) in [7, 11) is 0. The molecule has 5 nitrogen and oxygen atoms in total. The Bertz CT molecular complexity index is 480. The summed E-state index contributed by atoms with van der Waals surface area (Å²) >= 11 is 0. The first-order valence-corrected chi connectivity index (χ1v) is 6.72. The number of carbonyl (C=O) groups is 1. The predicted octanol–water partition coefficient (Wildman–Crippen LogP) is 2.04. The molecule has 1 aromatic heterocycles. The quantitative estimate of drug-likeness (QED) is 0.904. The summed E-state index contributed by atoms with van der Waals surface area (Å²) in [6.07, 6.45) is 5.74. The van der Waals surface area contributed by atoms with Crippen molar-refractivity contribution in [1.82, 2.24) is 9.97 Å². The average molecular weight is 263 g/mol. The fraction of sp³-hybridized carbons (Fsp3) is 0.643. The number of hydrogen-bond acceptors (Lipinski definition) is 4. The van der Waals surface area contributed by atoms with Gasteiger partial charge in [0.1, 0.15) is 18.7 Å². The van der Waals surface area contributed by atoms with Gasteiger partial charge in [0.15, 0.2) is 0 Å². The first kappa shape index (κ1) is 13.8. The molecule has 0 unspecified atom stereocenters. The molecule has 0 radical (unpaired) electrons.